The van der Waals surface area contributed by atoms with Gasteiger partial charge in [-0.15, -0.1) is 0 Å². The minimum Gasteiger partial charge on any atom is -0.481 e. The number of sulfonamides is 1. The van der Waals surface area contributed by atoms with Crippen LogP contribution in [0.1, 0.15) is 34.8 Å². The van der Waals surface area contributed by atoms with Crippen molar-refractivity contribution < 1.29 is 27.5 Å². The normalized spacial score (nSPS) is 17.7. The summed E-state index contributed by atoms with van der Waals surface area (Å²) in [6.07, 6.45) is 3.09. The lowest BCUT2D eigenvalue weighted by atomic mass is 10.0. The van der Waals surface area contributed by atoms with Gasteiger partial charge in [0.2, 0.25) is 17.7 Å². The molecule has 12 nitrogen and oxygen atoms in total. The van der Waals surface area contributed by atoms with Crippen LogP contribution in [0.2, 0.25) is 0 Å². The minimum atomic E-state index is -4.08. The molecule has 0 aliphatic carbocycles. The number of imidazole rings is 1. The third kappa shape index (κ3) is 6.37. The van der Waals surface area contributed by atoms with E-state index in [-0.39, 0.29) is 60.9 Å². The van der Waals surface area contributed by atoms with Gasteiger partial charge in [0.25, 0.3) is 15.9 Å². The van der Waals surface area contributed by atoms with Gasteiger partial charge in [-0.2, -0.15) is 9.29 Å². The molecule has 4 rings (SSSR count). The third-order valence-electron chi connectivity index (χ3n) is 6.43. The maximum atomic E-state index is 13.8. The van der Waals surface area contributed by atoms with Gasteiger partial charge < -0.3 is 24.3 Å². The Morgan fingerprint density at radius 1 is 1.05 bits per heavy atom. The molecule has 1 atom stereocenters. The van der Waals surface area contributed by atoms with E-state index in [0.29, 0.717) is 17.9 Å². The Balaban J connectivity index is 1.67. The molecule has 1 unspecified atom stereocenters. The van der Waals surface area contributed by atoms with Gasteiger partial charge in [-0.1, -0.05) is 30.3 Å². The van der Waals surface area contributed by atoms with Gasteiger partial charge in [-0.25, -0.2) is 13.4 Å². The maximum absolute atomic E-state index is 13.8. The molecule has 1 aliphatic rings. The predicted molar refractivity (Wildman–Crippen MR) is 142 cm³/mol. The highest BCUT2D eigenvalue weighted by Crippen LogP contribution is 2.31. The Bertz CT molecular complexity index is 1410. The number of methoxy groups -OCH3 is 2. The third-order valence-corrected chi connectivity index (χ3v) is 8.22. The summed E-state index contributed by atoms with van der Waals surface area (Å²) in [6.45, 7) is 0.723. The molecule has 1 aliphatic heterocycles. The standard InChI is InChI=1S/C26H32N6O6S/c1-30-17-24(28-18-30)39(35,36)32-14-7-13-31(26(34)20-10-11-23(37-2)29-25(20)38-3)15-12-27-22(33)16-21(32)19-8-5-4-6-9-19/h4-6,8-11,17-18,21H,7,12-16H2,1-3H3,(H,27,33). The molecule has 2 aromatic heterocycles. The predicted octanol–water partition coefficient (Wildman–Crippen LogP) is 1.62. The van der Waals surface area contributed by atoms with E-state index in [0.717, 1.165) is 0 Å². The number of ether oxygens (including phenoxy) is 2. The van der Waals surface area contributed by atoms with Crippen molar-refractivity contribution in [3.8, 4) is 11.8 Å². The first-order valence-corrected chi connectivity index (χ1v) is 13.9. The SMILES string of the molecule is COc1ccc(C(=O)N2CCCN(S(=O)(=O)c3cn(C)cn3)C(c3ccccc3)CC(=O)NCC2)c(OC)n1. The van der Waals surface area contributed by atoms with E-state index in [4.69, 9.17) is 9.47 Å². The smallest absolute Gasteiger partial charge is 0.262 e. The molecule has 1 N–H and O–H groups in total. The highest BCUT2D eigenvalue weighted by atomic mass is 32.2. The number of nitrogens with zero attached hydrogens (tertiary/aromatic N) is 5. The second kappa shape index (κ2) is 12.3. The van der Waals surface area contributed by atoms with Crippen molar-refractivity contribution in [1.82, 2.24) is 29.1 Å². The fourth-order valence-electron chi connectivity index (χ4n) is 4.48. The van der Waals surface area contributed by atoms with E-state index in [1.165, 1.54) is 31.0 Å². The summed E-state index contributed by atoms with van der Waals surface area (Å²) in [6, 6.07) is 11.4. The van der Waals surface area contributed by atoms with Gasteiger partial charge >= 0.3 is 0 Å². The fourth-order valence-corrected chi connectivity index (χ4v) is 6.10. The van der Waals surface area contributed by atoms with Gasteiger partial charge in [-0.05, 0) is 18.1 Å². The van der Waals surface area contributed by atoms with Crippen LogP contribution in [0.5, 0.6) is 11.8 Å². The molecule has 3 aromatic rings. The van der Waals surface area contributed by atoms with Crippen molar-refractivity contribution in [2.45, 2.75) is 23.9 Å². The molecule has 0 spiro atoms. The number of pyridine rings is 1. The number of hydrogen-bond acceptors (Lipinski definition) is 8. The molecule has 2 amide bonds. The molecule has 3 heterocycles. The highest BCUT2D eigenvalue weighted by molar-refractivity contribution is 7.89. The largest absolute Gasteiger partial charge is 0.481 e. The van der Waals surface area contributed by atoms with E-state index < -0.39 is 16.1 Å². The van der Waals surface area contributed by atoms with Crippen molar-refractivity contribution >= 4 is 21.8 Å². The number of amides is 2. The lowest BCUT2D eigenvalue weighted by molar-refractivity contribution is -0.122. The zero-order valence-corrected chi connectivity index (χ0v) is 22.9. The average Bonchev–Trinajstić information content (AvgIpc) is 3.38. The van der Waals surface area contributed by atoms with E-state index in [1.54, 1.807) is 52.9 Å². The molecule has 0 radical (unpaired) electrons. The van der Waals surface area contributed by atoms with Gasteiger partial charge in [-0.3, -0.25) is 9.59 Å². The summed E-state index contributed by atoms with van der Waals surface area (Å²) >= 11 is 0. The van der Waals surface area contributed by atoms with Gasteiger partial charge in [0.05, 0.1) is 26.6 Å². The Labute approximate surface area is 227 Å². The van der Waals surface area contributed by atoms with Crippen LogP contribution in [0.3, 0.4) is 0 Å². The van der Waals surface area contributed by atoms with Gasteiger partial charge in [0.15, 0.2) is 5.03 Å². The summed E-state index contributed by atoms with van der Waals surface area (Å²) < 4.78 is 40.9. The minimum absolute atomic E-state index is 0.0630. The molecule has 1 aromatic carbocycles. The Kier molecular flexibility index (Phi) is 8.82. The molecular weight excluding hydrogens is 524 g/mol. The summed E-state index contributed by atoms with van der Waals surface area (Å²) in [4.78, 5) is 36.4. The van der Waals surface area contributed by atoms with Crippen molar-refractivity contribution in [3.05, 3.63) is 66.1 Å². The fraction of sp³-hybridized carbons (Fsp3) is 0.385. The number of hydrogen-bond donors (Lipinski definition) is 1. The second-order valence-corrected chi connectivity index (χ2v) is 10.9. The van der Waals surface area contributed by atoms with Crippen molar-refractivity contribution in [2.75, 3.05) is 40.4 Å². The maximum Gasteiger partial charge on any atom is 0.262 e. The number of benzene rings is 1. The lowest BCUT2D eigenvalue weighted by Crippen LogP contribution is -2.39. The number of nitrogens with one attached hydrogen (secondary N) is 1. The molecular formula is C26H32N6O6S. The second-order valence-electron chi connectivity index (χ2n) is 9.03. The van der Waals surface area contributed by atoms with Crippen LogP contribution in [0.15, 0.2) is 60.0 Å². The zero-order valence-electron chi connectivity index (χ0n) is 22.1. The Morgan fingerprint density at radius 3 is 2.49 bits per heavy atom. The summed E-state index contributed by atoms with van der Waals surface area (Å²) in [5.41, 5.74) is 0.924. The van der Waals surface area contributed by atoms with Crippen LogP contribution in [-0.4, -0.2) is 84.4 Å². The van der Waals surface area contributed by atoms with Crippen LogP contribution in [-0.2, 0) is 21.9 Å². The molecule has 13 heteroatoms. The topological polar surface area (TPSA) is 136 Å². The van der Waals surface area contributed by atoms with Crippen LogP contribution in [0.25, 0.3) is 0 Å². The Morgan fingerprint density at radius 2 is 1.82 bits per heavy atom. The van der Waals surface area contributed by atoms with E-state index in [1.807, 2.05) is 6.07 Å². The monoisotopic (exact) mass is 556 g/mol. The molecule has 39 heavy (non-hydrogen) atoms. The molecule has 1 fully saturated rings. The highest BCUT2D eigenvalue weighted by Gasteiger charge is 2.36. The molecule has 0 saturated carbocycles. The number of carbonyl (C=O) groups is 2. The Hall–Kier alpha value is -3.97. The van der Waals surface area contributed by atoms with Crippen LogP contribution in [0.4, 0.5) is 0 Å². The summed E-state index contributed by atoms with van der Waals surface area (Å²) in [5.74, 6) is -0.270. The van der Waals surface area contributed by atoms with E-state index >= 15 is 0 Å². The summed E-state index contributed by atoms with van der Waals surface area (Å²) in [5, 5.41) is 2.73. The van der Waals surface area contributed by atoms with Crippen molar-refractivity contribution in [2.24, 2.45) is 7.05 Å². The van der Waals surface area contributed by atoms with E-state index in [2.05, 4.69) is 15.3 Å². The summed E-state index contributed by atoms with van der Waals surface area (Å²) in [7, 11) is 0.489. The van der Waals surface area contributed by atoms with Gasteiger partial charge in [0.1, 0.15) is 5.56 Å². The molecule has 208 valence electrons. The molecule has 0 bridgehead atoms. The van der Waals surface area contributed by atoms with Crippen LogP contribution < -0.4 is 14.8 Å². The number of aromatic nitrogens is 3. The van der Waals surface area contributed by atoms with Crippen LogP contribution >= 0.6 is 0 Å². The molecule has 1 saturated heterocycles. The van der Waals surface area contributed by atoms with Gasteiger partial charge in [0, 0.05) is 51.9 Å². The van der Waals surface area contributed by atoms with Crippen molar-refractivity contribution in [3.63, 3.8) is 0 Å². The van der Waals surface area contributed by atoms with Crippen LogP contribution in [0, 0.1) is 0 Å². The zero-order chi connectivity index (χ0) is 28.0. The van der Waals surface area contributed by atoms with E-state index in [9.17, 15) is 18.0 Å². The van der Waals surface area contributed by atoms with Crippen molar-refractivity contribution in [1.29, 1.82) is 0 Å². The first-order chi connectivity index (χ1) is 18.7. The number of carbonyl (C=O) groups excluding carboxylic acids is 2. The quantitative estimate of drug-likeness (QED) is 0.484. The first-order valence-electron chi connectivity index (χ1n) is 12.4. The average molecular weight is 557 g/mol. The number of rotatable bonds is 6. The first kappa shape index (κ1) is 28.0. The number of aryl methyl sites for hydroxylation is 1. The lowest BCUT2D eigenvalue weighted by Gasteiger charge is -2.30.